The Labute approximate surface area is 166 Å². The van der Waals surface area contributed by atoms with Crippen molar-refractivity contribution < 1.29 is 18.0 Å². The first kappa shape index (κ1) is 18.3. The summed E-state index contributed by atoms with van der Waals surface area (Å²) in [4.78, 5) is 26.8. The van der Waals surface area contributed by atoms with E-state index in [0.29, 0.717) is 18.5 Å². The molecular weight excluding hydrogens is 432 g/mol. The maximum absolute atomic E-state index is 13.2. The lowest BCUT2D eigenvalue weighted by atomic mass is 10.2. The molecule has 2 aromatic carbocycles. The van der Waals surface area contributed by atoms with Gasteiger partial charge in [-0.1, -0.05) is 34.1 Å². The zero-order valence-electron chi connectivity index (χ0n) is 14.3. The fourth-order valence-electron chi connectivity index (χ4n) is 3.34. The van der Waals surface area contributed by atoms with E-state index in [4.69, 9.17) is 0 Å². The first-order valence-corrected chi connectivity index (χ1v) is 10.8. The number of hydrogen-bond donors (Lipinski definition) is 0. The zero-order valence-corrected chi connectivity index (χ0v) is 16.7. The van der Waals surface area contributed by atoms with E-state index in [1.54, 1.807) is 42.5 Å². The SMILES string of the molecule is O=C1CC(N(C2CC2)S(=O)(=O)c2ccc(Br)cc2)C(=O)N1c1ccccc1. The molecule has 2 aliphatic rings. The van der Waals surface area contributed by atoms with E-state index in [1.807, 2.05) is 0 Å². The first-order chi connectivity index (χ1) is 12.9. The van der Waals surface area contributed by atoms with E-state index < -0.39 is 22.0 Å². The summed E-state index contributed by atoms with van der Waals surface area (Å²) in [7, 11) is -3.89. The molecule has 1 saturated heterocycles. The number of amides is 2. The van der Waals surface area contributed by atoms with E-state index >= 15 is 0 Å². The van der Waals surface area contributed by atoms with Crippen LogP contribution in [0.1, 0.15) is 19.3 Å². The number of carbonyl (C=O) groups excluding carboxylic acids is 2. The van der Waals surface area contributed by atoms with Crippen molar-refractivity contribution in [2.24, 2.45) is 0 Å². The Morgan fingerprint density at radius 3 is 2.19 bits per heavy atom. The maximum atomic E-state index is 13.2. The molecule has 1 unspecified atom stereocenters. The van der Waals surface area contributed by atoms with Gasteiger partial charge < -0.3 is 0 Å². The van der Waals surface area contributed by atoms with Gasteiger partial charge in [-0.2, -0.15) is 4.31 Å². The van der Waals surface area contributed by atoms with Gasteiger partial charge in [-0.3, -0.25) is 9.59 Å². The number of anilines is 1. The van der Waals surface area contributed by atoms with Crippen LogP contribution >= 0.6 is 15.9 Å². The lowest BCUT2D eigenvalue weighted by Crippen LogP contribution is -2.46. The summed E-state index contributed by atoms with van der Waals surface area (Å²) in [6.45, 7) is 0. The van der Waals surface area contributed by atoms with E-state index in [0.717, 1.165) is 9.37 Å². The van der Waals surface area contributed by atoms with Crippen molar-refractivity contribution in [3.05, 3.63) is 59.1 Å². The molecule has 140 valence electrons. The predicted molar refractivity (Wildman–Crippen MR) is 104 cm³/mol. The molecule has 1 heterocycles. The Morgan fingerprint density at radius 1 is 0.963 bits per heavy atom. The summed E-state index contributed by atoms with van der Waals surface area (Å²) in [6.07, 6.45) is 1.25. The molecule has 2 amide bonds. The highest BCUT2D eigenvalue weighted by molar-refractivity contribution is 9.10. The number of carbonyl (C=O) groups is 2. The van der Waals surface area contributed by atoms with Crippen molar-refractivity contribution in [3.63, 3.8) is 0 Å². The molecule has 2 fully saturated rings. The highest BCUT2D eigenvalue weighted by atomic mass is 79.9. The summed E-state index contributed by atoms with van der Waals surface area (Å²) >= 11 is 3.29. The van der Waals surface area contributed by atoms with Gasteiger partial charge in [-0.05, 0) is 49.2 Å². The summed E-state index contributed by atoms with van der Waals surface area (Å²) in [6, 6.07) is 13.7. The molecule has 2 aromatic rings. The number of sulfonamides is 1. The van der Waals surface area contributed by atoms with Gasteiger partial charge >= 0.3 is 0 Å². The fraction of sp³-hybridized carbons (Fsp3) is 0.263. The minimum atomic E-state index is -3.89. The number of benzene rings is 2. The summed E-state index contributed by atoms with van der Waals surface area (Å²) in [5.74, 6) is -0.869. The molecule has 0 spiro atoms. The number of hydrogen-bond acceptors (Lipinski definition) is 4. The molecule has 0 aromatic heterocycles. The van der Waals surface area contributed by atoms with Crippen LogP contribution in [0.4, 0.5) is 5.69 Å². The van der Waals surface area contributed by atoms with Crippen LogP contribution in [0.2, 0.25) is 0 Å². The van der Waals surface area contributed by atoms with E-state index in [9.17, 15) is 18.0 Å². The Kier molecular flexibility index (Phi) is 4.65. The molecule has 8 heteroatoms. The molecule has 27 heavy (non-hydrogen) atoms. The first-order valence-electron chi connectivity index (χ1n) is 8.60. The third-order valence-electron chi connectivity index (χ3n) is 4.74. The summed E-state index contributed by atoms with van der Waals surface area (Å²) in [5, 5.41) is 0. The normalized spacial score (nSPS) is 20.5. The van der Waals surface area contributed by atoms with E-state index in [1.165, 1.54) is 16.4 Å². The molecule has 0 N–H and O–H groups in total. The van der Waals surface area contributed by atoms with Gasteiger partial charge in [-0.15, -0.1) is 0 Å². The molecule has 1 saturated carbocycles. The van der Waals surface area contributed by atoms with Crippen LogP contribution in [0, 0.1) is 0 Å². The van der Waals surface area contributed by atoms with Gasteiger partial charge in [0, 0.05) is 10.5 Å². The zero-order chi connectivity index (χ0) is 19.2. The number of nitrogens with zero attached hydrogens (tertiary/aromatic N) is 2. The van der Waals surface area contributed by atoms with Crippen LogP contribution in [0.15, 0.2) is 64.0 Å². The van der Waals surface area contributed by atoms with Gasteiger partial charge in [0.15, 0.2) is 0 Å². The average molecular weight is 449 g/mol. The van der Waals surface area contributed by atoms with Crippen LogP contribution in [-0.4, -0.2) is 36.6 Å². The number of rotatable bonds is 5. The minimum Gasteiger partial charge on any atom is -0.274 e. The van der Waals surface area contributed by atoms with Crippen LogP contribution < -0.4 is 4.90 Å². The summed E-state index contributed by atoms with van der Waals surface area (Å²) < 4.78 is 28.5. The number of imide groups is 1. The van der Waals surface area contributed by atoms with Gasteiger partial charge in [0.1, 0.15) is 6.04 Å². The highest BCUT2D eigenvalue weighted by Crippen LogP contribution is 2.38. The smallest absolute Gasteiger partial charge is 0.252 e. The molecule has 0 radical (unpaired) electrons. The largest absolute Gasteiger partial charge is 0.274 e. The lowest BCUT2D eigenvalue weighted by molar-refractivity contribution is -0.122. The Morgan fingerprint density at radius 2 is 1.59 bits per heavy atom. The molecule has 4 rings (SSSR count). The van der Waals surface area contributed by atoms with Crippen LogP contribution in [0.3, 0.4) is 0 Å². The molecular formula is C19H17BrN2O4S. The van der Waals surface area contributed by atoms with Crippen molar-refractivity contribution in [3.8, 4) is 0 Å². The molecule has 0 bridgehead atoms. The van der Waals surface area contributed by atoms with Gasteiger partial charge in [0.25, 0.3) is 5.91 Å². The van der Waals surface area contributed by atoms with Crippen molar-refractivity contribution in [1.82, 2.24) is 4.31 Å². The third kappa shape index (κ3) is 3.33. The monoisotopic (exact) mass is 448 g/mol. The molecule has 1 atom stereocenters. The fourth-order valence-corrected chi connectivity index (χ4v) is 5.43. The molecule has 1 aliphatic carbocycles. The number of para-hydroxylation sites is 1. The lowest BCUT2D eigenvalue weighted by Gasteiger charge is -2.26. The van der Waals surface area contributed by atoms with Gasteiger partial charge in [0.05, 0.1) is 17.0 Å². The van der Waals surface area contributed by atoms with Crippen molar-refractivity contribution in [2.45, 2.75) is 36.2 Å². The minimum absolute atomic E-state index is 0.121. The van der Waals surface area contributed by atoms with Crippen LogP contribution in [0.25, 0.3) is 0 Å². The van der Waals surface area contributed by atoms with Crippen molar-refractivity contribution in [1.29, 1.82) is 0 Å². The van der Waals surface area contributed by atoms with Gasteiger partial charge in [-0.25, -0.2) is 13.3 Å². The Balaban J connectivity index is 1.70. The van der Waals surface area contributed by atoms with E-state index in [-0.39, 0.29) is 23.3 Å². The predicted octanol–water partition coefficient (Wildman–Crippen LogP) is 2.93. The molecule has 6 nitrogen and oxygen atoms in total. The Hall–Kier alpha value is -2.03. The average Bonchev–Trinajstić information content (AvgIpc) is 3.42. The van der Waals surface area contributed by atoms with Crippen LogP contribution in [0.5, 0.6) is 0 Å². The summed E-state index contributed by atoms with van der Waals surface area (Å²) in [5.41, 5.74) is 0.465. The second kappa shape index (κ2) is 6.85. The van der Waals surface area contributed by atoms with Crippen LogP contribution in [-0.2, 0) is 19.6 Å². The third-order valence-corrected chi connectivity index (χ3v) is 7.24. The highest BCUT2D eigenvalue weighted by Gasteiger charge is 2.51. The van der Waals surface area contributed by atoms with Crippen molar-refractivity contribution >= 4 is 43.5 Å². The number of halogens is 1. The van der Waals surface area contributed by atoms with Gasteiger partial charge in [0.2, 0.25) is 15.9 Å². The standard InChI is InChI=1S/C19H17BrN2O4S/c20-13-6-10-16(11-7-13)27(25,26)22(15-8-9-15)17-12-18(23)21(19(17)24)14-4-2-1-3-5-14/h1-7,10-11,15,17H,8-9,12H2. The van der Waals surface area contributed by atoms with Crippen molar-refractivity contribution in [2.75, 3.05) is 4.90 Å². The maximum Gasteiger partial charge on any atom is 0.252 e. The second-order valence-electron chi connectivity index (χ2n) is 6.64. The molecule has 1 aliphatic heterocycles. The Bertz CT molecular complexity index is 988. The van der Waals surface area contributed by atoms with E-state index in [2.05, 4.69) is 15.9 Å². The topological polar surface area (TPSA) is 74.8 Å². The quantitative estimate of drug-likeness (QED) is 0.658. The second-order valence-corrected chi connectivity index (χ2v) is 9.40.